The van der Waals surface area contributed by atoms with Gasteiger partial charge in [-0.15, -0.1) is 0 Å². The Balaban J connectivity index is 3.10. The van der Waals surface area contributed by atoms with Gasteiger partial charge in [-0.05, 0) is 6.92 Å². The van der Waals surface area contributed by atoms with Crippen LogP contribution < -0.4 is 5.69 Å². The Hall–Kier alpha value is -0.840. The van der Waals surface area contributed by atoms with Gasteiger partial charge in [0.25, 0.3) is 0 Å². The van der Waals surface area contributed by atoms with Crippen LogP contribution in [0.25, 0.3) is 0 Å². The first-order valence-electron chi connectivity index (χ1n) is 3.46. The van der Waals surface area contributed by atoms with Crippen molar-refractivity contribution in [3.05, 3.63) is 27.4 Å². The lowest BCUT2D eigenvalue weighted by atomic mass is 10.6. The van der Waals surface area contributed by atoms with Crippen molar-refractivity contribution in [2.24, 2.45) is 7.05 Å². The van der Waals surface area contributed by atoms with Crippen LogP contribution in [-0.4, -0.2) is 14.3 Å². The Kier molecular flexibility index (Phi) is 2.52. The van der Waals surface area contributed by atoms with Crippen LogP contribution in [0.2, 0.25) is 0 Å². The van der Waals surface area contributed by atoms with Crippen molar-refractivity contribution in [3.63, 3.8) is 0 Å². The van der Waals surface area contributed by atoms with E-state index in [0.29, 0.717) is 12.4 Å². The number of hydrogen-bond acceptors (Lipinski definition) is 2. The highest BCUT2D eigenvalue weighted by molar-refractivity contribution is 9.11. The molecule has 1 aromatic rings. The fourth-order valence-corrected chi connectivity index (χ4v) is 1.10. The molecule has 0 fully saturated rings. The maximum atomic E-state index is 11.3. The van der Waals surface area contributed by atoms with Gasteiger partial charge in [0.1, 0.15) is 5.82 Å². The second-order valence-corrected chi connectivity index (χ2v) is 3.69. The predicted molar refractivity (Wildman–Crippen MR) is 50.3 cm³/mol. The van der Waals surface area contributed by atoms with Gasteiger partial charge < -0.3 is 0 Å². The standard InChI is InChI=1S/C7H10BrN3O/c1-5(8)4-11-7(12)10(3)6(2)9-11/h1,4H2,2-3H3. The molecule has 0 amide bonds. The summed E-state index contributed by atoms with van der Waals surface area (Å²) in [5.41, 5.74) is -0.117. The molecule has 1 aromatic heterocycles. The number of hydrogen-bond donors (Lipinski definition) is 0. The third kappa shape index (κ3) is 1.66. The zero-order chi connectivity index (χ0) is 9.30. The van der Waals surface area contributed by atoms with Crippen molar-refractivity contribution in [3.8, 4) is 0 Å². The molecule has 4 nitrogen and oxygen atoms in total. The summed E-state index contributed by atoms with van der Waals surface area (Å²) in [5, 5.41) is 4.03. The van der Waals surface area contributed by atoms with Gasteiger partial charge >= 0.3 is 5.69 Å². The van der Waals surface area contributed by atoms with E-state index in [1.54, 1.807) is 14.0 Å². The number of rotatable bonds is 2. The van der Waals surface area contributed by atoms with Crippen molar-refractivity contribution in [1.29, 1.82) is 0 Å². The van der Waals surface area contributed by atoms with Gasteiger partial charge in [0.05, 0.1) is 6.54 Å². The van der Waals surface area contributed by atoms with Crippen LogP contribution in [0.1, 0.15) is 5.82 Å². The van der Waals surface area contributed by atoms with Gasteiger partial charge in [0, 0.05) is 11.5 Å². The van der Waals surface area contributed by atoms with Gasteiger partial charge in [-0.3, -0.25) is 4.57 Å². The predicted octanol–water partition coefficient (Wildman–Crippen LogP) is 0.799. The fraction of sp³-hybridized carbons (Fsp3) is 0.429. The van der Waals surface area contributed by atoms with Gasteiger partial charge in [-0.2, -0.15) is 5.10 Å². The molecule has 0 spiro atoms. The molecule has 0 aliphatic rings. The molecule has 0 saturated carbocycles. The molecular weight excluding hydrogens is 222 g/mol. The summed E-state index contributed by atoms with van der Waals surface area (Å²) in [6, 6.07) is 0. The smallest absolute Gasteiger partial charge is 0.282 e. The lowest BCUT2D eigenvalue weighted by Gasteiger charge is -1.94. The van der Waals surface area contributed by atoms with Crippen LogP contribution in [0.5, 0.6) is 0 Å². The molecule has 0 radical (unpaired) electrons. The first-order chi connectivity index (χ1) is 5.52. The SMILES string of the molecule is C=C(Br)Cn1nc(C)n(C)c1=O. The minimum absolute atomic E-state index is 0.117. The summed E-state index contributed by atoms with van der Waals surface area (Å²) in [6.07, 6.45) is 0. The van der Waals surface area contributed by atoms with Gasteiger partial charge in [0.15, 0.2) is 0 Å². The average Bonchev–Trinajstić information content (AvgIpc) is 2.17. The average molecular weight is 232 g/mol. The monoisotopic (exact) mass is 231 g/mol. The highest BCUT2D eigenvalue weighted by Gasteiger charge is 2.05. The van der Waals surface area contributed by atoms with E-state index in [9.17, 15) is 4.79 Å². The Bertz CT molecular complexity index is 363. The number of aryl methyl sites for hydroxylation is 1. The molecule has 0 saturated heterocycles. The van der Waals surface area contributed by atoms with E-state index in [1.807, 2.05) is 0 Å². The fourth-order valence-electron chi connectivity index (χ4n) is 0.862. The molecular formula is C7H10BrN3O. The van der Waals surface area contributed by atoms with Crippen LogP contribution in [0.3, 0.4) is 0 Å². The third-order valence-electron chi connectivity index (χ3n) is 1.58. The second kappa shape index (κ2) is 3.26. The topological polar surface area (TPSA) is 39.8 Å². The van der Waals surface area contributed by atoms with Crippen molar-refractivity contribution < 1.29 is 0 Å². The Morgan fingerprint density at radius 2 is 2.33 bits per heavy atom. The molecule has 0 unspecified atom stereocenters. The number of nitrogens with zero attached hydrogens (tertiary/aromatic N) is 3. The quantitative estimate of drug-likeness (QED) is 0.756. The lowest BCUT2D eigenvalue weighted by molar-refractivity contribution is 0.655. The van der Waals surface area contributed by atoms with Gasteiger partial charge in [-0.25, -0.2) is 9.48 Å². The molecule has 1 rings (SSSR count). The maximum absolute atomic E-state index is 11.3. The van der Waals surface area contributed by atoms with Crippen LogP contribution in [0, 0.1) is 6.92 Å². The lowest BCUT2D eigenvalue weighted by Crippen LogP contribution is -2.23. The summed E-state index contributed by atoms with van der Waals surface area (Å²) in [6.45, 7) is 5.84. The first kappa shape index (κ1) is 9.25. The maximum Gasteiger partial charge on any atom is 0.345 e. The molecule has 0 aromatic carbocycles. The van der Waals surface area contributed by atoms with Crippen molar-refractivity contribution in [2.75, 3.05) is 0 Å². The first-order valence-corrected chi connectivity index (χ1v) is 4.25. The molecule has 1 heterocycles. The second-order valence-electron chi connectivity index (χ2n) is 2.56. The molecule has 66 valence electrons. The normalized spacial score (nSPS) is 10.2. The van der Waals surface area contributed by atoms with E-state index in [1.165, 1.54) is 9.25 Å². The van der Waals surface area contributed by atoms with Crippen molar-refractivity contribution in [1.82, 2.24) is 14.3 Å². The summed E-state index contributed by atoms with van der Waals surface area (Å²) in [7, 11) is 1.69. The van der Waals surface area contributed by atoms with Gasteiger partial charge in [-0.1, -0.05) is 22.5 Å². The molecule has 0 N–H and O–H groups in total. The minimum Gasteiger partial charge on any atom is -0.282 e. The molecule has 12 heavy (non-hydrogen) atoms. The summed E-state index contributed by atoms with van der Waals surface area (Å²) in [5.74, 6) is 0.703. The zero-order valence-electron chi connectivity index (χ0n) is 7.04. The third-order valence-corrected chi connectivity index (χ3v) is 1.83. The van der Waals surface area contributed by atoms with Gasteiger partial charge in [0.2, 0.25) is 0 Å². The number of allylic oxidation sites excluding steroid dienone is 1. The molecule has 5 heteroatoms. The minimum atomic E-state index is -0.117. The van der Waals surface area contributed by atoms with Crippen LogP contribution in [0.4, 0.5) is 0 Å². The highest BCUT2D eigenvalue weighted by atomic mass is 79.9. The van der Waals surface area contributed by atoms with Crippen molar-refractivity contribution >= 4 is 15.9 Å². The summed E-state index contributed by atoms with van der Waals surface area (Å²) >= 11 is 3.18. The summed E-state index contributed by atoms with van der Waals surface area (Å²) < 4.78 is 3.60. The Morgan fingerprint density at radius 1 is 1.75 bits per heavy atom. The molecule has 0 atom stereocenters. The molecule has 0 aliphatic heterocycles. The van der Waals surface area contributed by atoms with E-state index in [-0.39, 0.29) is 5.69 Å². The van der Waals surface area contributed by atoms with Crippen LogP contribution in [-0.2, 0) is 13.6 Å². The largest absolute Gasteiger partial charge is 0.345 e. The molecule has 0 bridgehead atoms. The molecule has 0 aliphatic carbocycles. The number of aromatic nitrogens is 3. The Morgan fingerprint density at radius 3 is 2.67 bits per heavy atom. The van der Waals surface area contributed by atoms with E-state index in [2.05, 4.69) is 27.6 Å². The number of halogens is 1. The van der Waals surface area contributed by atoms with E-state index in [4.69, 9.17) is 0 Å². The van der Waals surface area contributed by atoms with Crippen molar-refractivity contribution in [2.45, 2.75) is 13.5 Å². The van der Waals surface area contributed by atoms with E-state index < -0.39 is 0 Å². The van der Waals surface area contributed by atoms with E-state index >= 15 is 0 Å². The highest BCUT2D eigenvalue weighted by Crippen LogP contribution is 2.01. The van der Waals surface area contributed by atoms with Crippen LogP contribution >= 0.6 is 15.9 Å². The zero-order valence-corrected chi connectivity index (χ0v) is 8.63. The van der Waals surface area contributed by atoms with Crippen LogP contribution in [0.15, 0.2) is 15.9 Å². The van der Waals surface area contributed by atoms with E-state index in [0.717, 1.165) is 4.48 Å². The Labute approximate surface area is 78.6 Å². The summed E-state index contributed by atoms with van der Waals surface area (Å²) in [4.78, 5) is 11.3.